The lowest BCUT2D eigenvalue weighted by Gasteiger charge is -2.30. The summed E-state index contributed by atoms with van der Waals surface area (Å²) in [6.07, 6.45) is 7.99. The maximum atomic E-state index is 13.5. The van der Waals surface area contributed by atoms with E-state index in [1.165, 1.54) is 26.6 Å². The van der Waals surface area contributed by atoms with Gasteiger partial charge in [0, 0.05) is 49.7 Å². The van der Waals surface area contributed by atoms with Gasteiger partial charge in [-0.05, 0) is 74.6 Å². The molecule has 1 unspecified atom stereocenters. The average Bonchev–Trinajstić information content (AvgIpc) is 3.52. The zero-order valence-corrected chi connectivity index (χ0v) is 33.5. The molecule has 2 aromatic carbocycles. The summed E-state index contributed by atoms with van der Waals surface area (Å²) in [7, 11) is 2.98. The minimum atomic E-state index is -1.03. The van der Waals surface area contributed by atoms with Gasteiger partial charge in [-0.2, -0.15) is 0 Å². The van der Waals surface area contributed by atoms with Gasteiger partial charge < -0.3 is 31.3 Å². The summed E-state index contributed by atoms with van der Waals surface area (Å²) in [6, 6.07) is 14.0. The van der Waals surface area contributed by atoms with Gasteiger partial charge >= 0.3 is 0 Å². The van der Waals surface area contributed by atoms with E-state index in [0.29, 0.717) is 58.4 Å². The third-order valence-electron chi connectivity index (χ3n) is 10.9. The normalized spacial score (nSPS) is 18.4. The number of carbonyl (C=O) groups excluding carboxylic acids is 6. The molecule has 3 aliphatic rings. The van der Waals surface area contributed by atoms with Crippen LogP contribution in [0, 0.1) is 5.82 Å². The summed E-state index contributed by atoms with van der Waals surface area (Å²) in [6.45, 7) is 0. The molecule has 0 spiro atoms. The fourth-order valence-electron chi connectivity index (χ4n) is 7.75. The SMILES string of the molecule is CNC(=O)c1cnc(Nc2ccc(C(=O)NC3CCC(Nc4ccc5c(c4)C(=O)N(C4CCC(=O)NC4=O)C5=O)CC3)cn2)cc1Nc1cccc(-c2ncc(F)cn2)c1OC. The standard InChI is InChI=1S/C43H40FN11O7/c1-45-40(58)30-21-47-35(17-32(30)52-31-5-3-4-28(37(31)62-2)38-48-19-23(44)20-49-38)53-34-14-6-22(18-46-34)39(57)51-25-9-7-24(8-10-25)50-26-11-12-27-29(16-26)43(61)55(42(27)60)33-13-15-36(56)54-41(33)59/h3-6,11-12,14,16-21,24-25,33,50H,7-10,13,15H2,1-2H3,(H,45,58)(H,51,57)(H,54,56,59)(H2,46,47,52,53). The maximum absolute atomic E-state index is 13.5. The van der Waals surface area contributed by atoms with Gasteiger partial charge in [0.15, 0.2) is 17.4 Å². The molecule has 1 atom stereocenters. The zero-order valence-electron chi connectivity index (χ0n) is 33.5. The highest BCUT2D eigenvalue weighted by atomic mass is 19.1. The van der Waals surface area contributed by atoms with E-state index in [1.54, 1.807) is 54.6 Å². The molecule has 2 aliphatic heterocycles. The van der Waals surface area contributed by atoms with E-state index >= 15 is 0 Å². The molecule has 3 aromatic heterocycles. The molecule has 5 aromatic rings. The third kappa shape index (κ3) is 8.45. The Morgan fingerprint density at radius 3 is 2.21 bits per heavy atom. The van der Waals surface area contributed by atoms with Crippen LogP contribution in [-0.4, -0.2) is 92.6 Å². The third-order valence-corrected chi connectivity index (χ3v) is 10.9. The lowest BCUT2D eigenvalue weighted by atomic mass is 9.90. The minimum absolute atomic E-state index is 0.0478. The summed E-state index contributed by atoms with van der Waals surface area (Å²) in [5.41, 5.74) is 3.05. The number of rotatable bonds is 12. The fourth-order valence-corrected chi connectivity index (χ4v) is 7.75. The highest BCUT2D eigenvalue weighted by molar-refractivity contribution is 6.23. The van der Waals surface area contributed by atoms with Gasteiger partial charge in [-0.15, -0.1) is 0 Å². The number of hydrogen-bond acceptors (Lipinski definition) is 14. The van der Waals surface area contributed by atoms with Gasteiger partial charge in [0.05, 0.1) is 58.7 Å². The number of aromatic nitrogens is 4. The van der Waals surface area contributed by atoms with Crippen molar-refractivity contribution >= 4 is 64.1 Å². The predicted molar refractivity (Wildman–Crippen MR) is 223 cm³/mol. The molecule has 6 amide bonds. The highest BCUT2D eigenvalue weighted by Crippen LogP contribution is 2.38. The van der Waals surface area contributed by atoms with Crippen molar-refractivity contribution in [2.45, 2.75) is 56.7 Å². The first-order valence-corrected chi connectivity index (χ1v) is 19.8. The number of piperidine rings is 1. The zero-order chi connectivity index (χ0) is 43.5. The van der Waals surface area contributed by atoms with Crippen molar-refractivity contribution in [1.82, 2.24) is 40.8 Å². The molecular weight excluding hydrogens is 802 g/mol. The van der Waals surface area contributed by atoms with Crippen LogP contribution in [0.3, 0.4) is 0 Å². The number of halogens is 1. The van der Waals surface area contributed by atoms with Gasteiger partial charge in [-0.1, -0.05) is 6.07 Å². The number of amides is 6. The van der Waals surface area contributed by atoms with Crippen LogP contribution < -0.4 is 36.6 Å². The van der Waals surface area contributed by atoms with E-state index in [1.807, 2.05) is 0 Å². The maximum Gasteiger partial charge on any atom is 0.262 e. The fraction of sp³-hybridized carbons (Fsp3) is 0.256. The van der Waals surface area contributed by atoms with Crippen LogP contribution >= 0.6 is 0 Å². The molecule has 1 aliphatic carbocycles. The second kappa shape index (κ2) is 17.4. The summed E-state index contributed by atoms with van der Waals surface area (Å²) in [4.78, 5) is 94.3. The van der Waals surface area contributed by atoms with Crippen LogP contribution in [-0.2, 0) is 9.59 Å². The number of pyridine rings is 2. The van der Waals surface area contributed by atoms with E-state index in [0.717, 1.165) is 30.1 Å². The Morgan fingerprint density at radius 1 is 0.758 bits per heavy atom. The molecule has 1 saturated heterocycles. The summed E-state index contributed by atoms with van der Waals surface area (Å²) in [5.74, 6) is -2.09. The number of ether oxygens (including phenoxy) is 1. The first-order valence-electron chi connectivity index (χ1n) is 19.8. The van der Waals surface area contributed by atoms with Crippen LogP contribution in [0.1, 0.15) is 80.0 Å². The number of nitrogens with one attached hydrogen (secondary N) is 6. The van der Waals surface area contributed by atoms with Crippen LogP contribution in [0.15, 0.2) is 79.4 Å². The average molecular weight is 842 g/mol. The monoisotopic (exact) mass is 841 g/mol. The molecule has 19 heteroatoms. The van der Waals surface area contributed by atoms with Crippen molar-refractivity contribution in [3.8, 4) is 17.1 Å². The van der Waals surface area contributed by atoms with Gasteiger partial charge in [0.2, 0.25) is 11.8 Å². The number of para-hydroxylation sites is 1. The molecule has 0 radical (unpaired) electrons. The Morgan fingerprint density at radius 2 is 1.50 bits per heavy atom. The molecular formula is C43H40FN11O7. The molecule has 5 heterocycles. The Labute approximate surface area is 353 Å². The molecule has 316 valence electrons. The molecule has 0 bridgehead atoms. The molecule has 18 nitrogen and oxygen atoms in total. The summed E-state index contributed by atoms with van der Waals surface area (Å²) < 4.78 is 19.2. The summed E-state index contributed by atoms with van der Waals surface area (Å²) in [5, 5.41) is 17.7. The number of anilines is 5. The van der Waals surface area contributed by atoms with Crippen molar-refractivity contribution in [3.63, 3.8) is 0 Å². The van der Waals surface area contributed by atoms with Crippen LogP contribution in [0.5, 0.6) is 5.75 Å². The van der Waals surface area contributed by atoms with E-state index < -0.39 is 35.5 Å². The van der Waals surface area contributed by atoms with E-state index in [4.69, 9.17) is 4.74 Å². The van der Waals surface area contributed by atoms with Crippen molar-refractivity contribution < 1.29 is 37.9 Å². The Balaban J connectivity index is 0.864. The lowest BCUT2D eigenvalue weighted by Crippen LogP contribution is -2.54. The number of fused-ring (bicyclic) bond motifs is 1. The number of carbonyl (C=O) groups is 6. The van der Waals surface area contributed by atoms with Crippen molar-refractivity contribution in [1.29, 1.82) is 0 Å². The van der Waals surface area contributed by atoms with E-state index in [2.05, 4.69) is 51.8 Å². The molecule has 1 saturated carbocycles. The van der Waals surface area contributed by atoms with Crippen LogP contribution in [0.4, 0.5) is 33.1 Å². The second-order valence-electron chi connectivity index (χ2n) is 14.9. The lowest BCUT2D eigenvalue weighted by molar-refractivity contribution is -0.136. The number of hydrogen-bond donors (Lipinski definition) is 6. The molecule has 2 fully saturated rings. The summed E-state index contributed by atoms with van der Waals surface area (Å²) >= 11 is 0. The smallest absolute Gasteiger partial charge is 0.262 e. The Kier molecular flexibility index (Phi) is 11.5. The van der Waals surface area contributed by atoms with Crippen molar-refractivity contribution in [3.05, 3.63) is 107 Å². The number of methoxy groups -OCH3 is 1. The first kappa shape index (κ1) is 40.9. The quantitative estimate of drug-likeness (QED) is 0.0951. The van der Waals surface area contributed by atoms with E-state index in [-0.39, 0.29) is 59.3 Å². The molecule has 62 heavy (non-hydrogen) atoms. The number of nitrogens with zero attached hydrogens (tertiary/aromatic N) is 5. The second-order valence-corrected chi connectivity index (χ2v) is 14.9. The van der Waals surface area contributed by atoms with Gasteiger partial charge in [-0.3, -0.25) is 39.0 Å². The highest BCUT2D eigenvalue weighted by Gasteiger charge is 2.44. The van der Waals surface area contributed by atoms with Crippen LogP contribution in [0.25, 0.3) is 11.4 Å². The van der Waals surface area contributed by atoms with Crippen molar-refractivity contribution in [2.24, 2.45) is 0 Å². The van der Waals surface area contributed by atoms with E-state index in [9.17, 15) is 33.2 Å². The van der Waals surface area contributed by atoms with Gasteiger partial charge in [-0.25, -0.2) is 24.3 Å². The molecule has 6 N–H and O–H groups in total. The first-order chi connectivity index (χ1) is 30.0. The minimum Gasteiger partial charge on any atom is -0.494 e. The van der Waals surface area contributed by atoms with Crippen LogP contribution in [0.2, 0.25) is 0 Å². The Hall–Kier alpha value is -7.83. The topological polar surface area (TPSA) is 239 Å². The van der Waals surface area contributed by atoms with Gasteiger partial charge in [0.25, 0.3) is 23.6 Å². The number of imide groups is 2. The van der Waals surface area contributed by atoms with Crippen molar-refractivity contribution in [2.75, 3.05) is 30.1 Å². The Bertz CT molecular complexity index is 2600. The van der Waals surface area contributed by atoms with Gasteiger partial charge in [0.1, 0.15) is 17.7 Å². The largest absolute Gasteiger partial charge is 0.494 e. The predicted octanol–water partition coefficient (Wildman–Crippen LogP) is 4.48. The number of benzene rings is 2. The molecule has 8 rings (SSSR count).